The Morgan fingerprint density at radius 1 is 1.38 bits per heavy atom. The number of halogens is 1. The molecular weight excluding hydrogens is 280 g/mol. The average molecular weight is 305 g/mol. The zero-order valence-corrected chi connectivity index (χ0v) is 13.7. The molecule has 0 bridgehead atoms. The normalized spacial score (nSPS) is 51.1. The molecule has 2 rings (SSSR count). The van der Waals surface area contributed by atoms with E-state index in [0.717, 1.165) is 0 Å². The summed E-state index contributed by atoms with van der Waals surface area (Å²) in [6.07, 6.45) is 9.21. The Morgan fingerprint density at radius 3 is 2.62 bits per heavy atom. The number of alkyl halides is 1. The first-order valence-corrected chi connectivity index (χ1v) is 9.40. The van der Waals surface area contributed by atoms with E-state index >= 15 is 0 Å². The van der Waals surface area contributed by atoms with Crippen LogP contribution in [0.25, 0.3) is 0 Å². The second kappa shape index (κ2) is 3.78. The van der Waals surface area contributed by atoms with Crippen molar-refractivity contribution < 1.29 is 0 Å². The molecular formula is C14H25BrS. The molecule has 3 atom stereocenters. The van der Waals surface area contributed by atoms with Gasteiger partial charge in [0.15, 0.2) is 0 Å². The van der Waals surface area contributed by atoms with Gasteiger partial charge in [-0.3, -0.25) is 0 Å². The summed E-state index contributed by atoms with van der Waals surface area (Å²) in [5, 5.41) is 0. The van der Waals surface area contributed by atoms with E-state index < -0.39 is 10.0 Å². The topological polar surface area (TPSA) is 0 Å². The Kier molecular flexibility index (Phi) is 3.07. The lowest BCUT2D eigenvalue weighted by Crippen LogP contribution is -2.54. The van der Waals surface area contributed by atoms with Crippen LogP contribution in [0.5, 0.6) is 0 Å². The third-order valence-electron chi connectivity index (χ3n) is 5.35. The van der Waals surface area contributed by atoms with Crippen molar-refractivity contribution in [3.05, 3.63) is 11.6 Å². The van der Waals surface area contributed by atoms with Crippen LogP contribution in [0.1, 0.15) is 47.0 Å². The highest BCUT2D eigenvalue weighted by atomic mass is 79.9. The molecule has 1 fully saturated rings. The van der Waals surface area contributed by atoms with Gasteiger partial charge in [-0.05, 0) is 38.2 Å². The third kappa shape index (κ3) is 1.55. The van der Waals surface area contributed by atoms with Gasteiger partial charge in [0.25, 0.3) is 0 Å². The van der Waals surface area contributed by atoms with Gasteiger partial charge >= 0.3 is 0 Å². The maximum atomic E-state index is 3.95. The first-order valence-electron chi connectivity index (χ1n) is 6.28. The lowest BCUT2D eigenvalue weighted by Gasteiger charge is -2.67. The van der Waals surface area contributed by atoms with Crippen LogP contribution >= 0.6 is 26.0 Å². The number of hydrogen-bond donors (Lipinski definition) is 0. The van der Waals surface area contributed by atoms with E-state index in [1.165, 1.54) is 25.0 Å². The van der Waals surface area contributed by atoms with Crippen molar-refractivity contribution in [2.75, 3.05) is 12.0 Å². The lowest BCUT2D eigenvalue weighted by atomic mass is 9.91. The van der Waals surface area contributed by atoms with E-state index in [-0.39, 0.29) is 0 Å². The smallest absolute Gasteiger partial charge is 0.0273 e. The summed E-state index contributed by atoms with van der Waals surface area (Å²) in [6, 6.07) is 0. The van der Waals surface area contributed by atoms with Crippen LogP contribution in [-0.4, -0.2) is 26.3 Å². The van der Waals surface area contributed by atoms with Gasteiger partial charge in [0.2, 0.25) is 0 Å². The minimum absolute atomic E-state index is 0.469. The Labute approximate surface area is 111 Å². The van der Waals surface area contributed by atoms with Crippen molar-refractivity contribution in [1.29, 1.82) is 0 Å². The maximum absolute atomic E-state index is 3.95. The van der Waals surface area contributed by atoms with Crippen LogP contribution in [0.3, 0.4) is 0 Å². The molecule has 0 spiro atoms. The molecule has 1 saturated heterocycles. The second-order valence-electron chi connectivity index (χ2n) is 6.54. The monoisotopic (exact) mass is 304 g/mol. The first-order chi connectivity index (χ1) is 7.23. The molecule has 2 aliphatic heterocycles. The zero-order valence-electron chi connectivity index (χ0n) is 11.3. The number of fused-ring (bicyclic) bond motifs is 1. The van der Waals surface area contributed by atoms with Crippen molar-refractivity contribution in [3.63, 3.8) is 0 Å². The molecule has 2 heterocycles. The van der Waals surface area contributed by atoms with E-state index in [0.29, 0.717) is 14.3 Å². The highest BCUT2D eigenvalue weighted by Crippen LogP contribution is 2.74. The molecule has 0 N–H and O–H groups in total. The summed E-state index contributed by atoms with van der Waals surface area (Å²) in [4.78, 5) is 0.708. The molecule has 2 aliphatic rings. The number of hydrogen-bond acceptors (Lipinski definition) is 0. The van der Waals surface area contributed by atoms with E-state index in [1.807, 2.05) is 0 Å². The molecule has 0 aromatic heterocycles. The van der Waals surface area contributed by atoms with Gasteiger partial charge in [0, 0.05) is 14.3 Å². The molecule has 2 heteroatoms. The summed E-state index contributed by atoms with van der Waals surface area (Å²) >= 11 is 3.95. The van der Waals surface area contributed by atoms with E-state index in [1.54, 1.807) is 5.57 Å². The highest BCUT2D eigenvalue weighted by Gasteiger charge is 2.55. The largest absolute Gasteiger partial charge is 0.229 e. The maximum Gasteiger partial charge on any atom is 0.0273 e. The standard InChI is InChI=1S/C14H25BrS/c1-11-7-9-16(5)13(2,3)12(15)6-8-14(16,4)10-11/h7,12H,6,8-10H2,1-5H3. The summed E-state index contributed by atoms with van der Waals surface area (Å²) in [5.74, 6) is 1.34. The van der Waals surface area contributed by atoms with Crippen molar-refractivity contribution >= 4 is 26.0 Å². The Bertz CT molecular complexity index is 334. The summed E-state index contributed by atoms with van der Waals surface area (Å²) in [5.41, 5.74) is 1.62. The van der Waals surface area contributed by atoms with E-state index in [2.05, 4.69) is 56.0 Å². The summed E-state index contributed by atoms with van der Waals surface area (Å²) in [7, 11) is -0.565. The molecule has 3 unspecified atom stereocenters. The zero-order chi connectivity index (χ0) is 12.2. The van der Waals surface area contributed by atoms with Crippen LogP contribution in [0.15, 0.2) is 11.6 Å². The molecule has 0 aromatic rings. The second-order valence-corrected chi connectivity index (χ2v) is 12.2. The third-order valence-corrected chi connectivity index (χ3v) is 13.2. The van der Waals surface area contributed by atoms with Gasteiger partial charge < -0.3 is 0 Å². The minimum atomic E-state index is -0.565. The molecule has 0 nitrogen and oxygen atoms in total. The summed E-state index contributed by atoms with van der Waals surface area (Å²) < 4.78 is 1.05. The summed E-state index contributed by atoms with van der Waals surface area (Å²) in [6.45, 7) is 9.86. The predicted molar refractivity (Wildman–Crippen MR) is 81.2 cm³/mol. The van der Waals surface area contributed by atoms with Gasteiger partial charge in [-0.1, -0.05) is 48.4 Å². The van der Waals surface area contributed by atoms with Crippen molar-refractivity contribution in [3.8, 4) is 0 Å². The quantitative estimate of drug-likeness (QED) is 0.442. The average Bonchev–Trinajstić information content (AvgIpc) is 2.18. The van der Waals surface area contributed by atoms with E-state index in [4.69, 9.17) is 0 Å². The fraction of sp³-hybridized carbons (Fsp3) is 0.857. The fourth-order valence-electron chi connectivity index (χ4n) is 3.56. The van der Waals surface area contributed by atoms with Crippen LogP contribution in [0.2, 0.25) is 0 Å². The Hall–Kier alpha value is 0.570. The van der Waals surface area contributed by atoms with Crippen molar-refractivity contribution in [1.82, 2.24) is 0 Å². The van der Waals surface area contributed by atoms with Crippen LogP contribution in [-0.2, 0) is 0 Å². The minimum Gasteiger partial charge on any atom is -0.229 e. The molecule has 0 aliphatic carbocycles. The molecule has 0 saturated carbocycles. The van der Waals surface area contributed by atoms with Crippen LogP contribution in [0, 0.1) is 0 Å². The number of rotatable bonds is 0. The van der Waals surface area contributed by atoms with Crippen molar-refractivity contribution in [2.24, 2.45) is 0 Å². The van der Waals surface area contributed by atoms with Crippen LogP contribution in [0.4, 0.5) is 0 Å². The molecule has 0 radical (unpaired) electrons. The molecule has 16 heavy (non-hydrogen) atoms. The Balaban J connectivity index is 2.47. The molecule has 94 valence electrons. The number of allylic oxidation sites excluding steroid dienone is 1. The lowest BCUT2D eigenvalue weighted by molar-refractivity contribution is 0.458. The van der Waals surface area contributed by atoms with Gasteiger partial charge in [-0.2, -0.15) is 0 Å². The van der Waals surface area contributed by atoms with Crippen LogP contribution < -0.4 is 0 Å². The molecule has 0 aromatic carbocycles. The van der Waals surface area contributed by atoms with Gasteiger partial charge in [-0.25, -0.2) is 10.0 Å². The van der Waals surface area contributed by atoms with Gasteiger partial charge in [-0.15, -0.1) is 0 Å². The Morgan fingerprint density at radius 2 is 2.00 bits per heavy atom. The first kappa shape index (κ1) is 13.0. The van der Waals surface area contributed by atoms with Gasteiger partial charge in [0.05, 0.1) is 0 Å². The predicted octanol–water partition coefficient (Wildman–Crippen LogP) is 4.87. The SMILES string of the molecule is CC1=CCS2(C)C(C)(CCC(Br)C2(C)C)C1. The van der Waals surface area contributed by atoms with E-state index in [9.17, 15) is 0 Å². The van der Waals surface area contributed by atoms with Gasteiger partial charge in [0.1, 0.15) is 0 Å². The highest BCUT2D eigenvalue weighted by molar-refractivity contribution is 9.09. The van der Waals surface area contributed by atoms with Crippen molar-refractivity contribution in [2.45, 2.75) is 61.3 Å². The fourth-order valence-corrected chi connectivity index (χ4v) is 9.54. The molecule has 0 amide bonds.